The third kappa shape index (κ3) is 2.00. The van der Waals surface area contributed by atoms with Crippen molar-refractivity contribution in [1.29, 1.82) is 0 Å². The predicted molar refractivity (Wildman–Crippen MR) is 58.1 cm³/mol. The van der Waals surface area contributed by atoms with E-state index in [1.54, 1.807) is 5.51 Å². The van der Waals surface area contributed by atoms with Crippen LogP contribution in [0.5, 0.6) is 0 Å². The fourth-order valence-corrected chi connectivity index (χ4v) is 1.56. The Labute approximate surface area is 85.8 Å². The minimum absolute atomic E-state index is 0.682. The second-order valence-electron chi connectivity index (χ2n) is 2.80. The lowest BCUT2D eigenvalue weighted by Crippen LogP contribution is -2.02. The zero-order valence-electron chi connectivity index (χ0n) is 7.47. The van der Waals surface area contributed by atoms with E-state index in [-0.39, 0.29) is 0 Å². The molecule has 0 unspecified atom stereocenters. The molecule has 0 radical (unpaired) electrons. The number of nitrogens with zero attached hydrogens (tertiary/aromatic N) is 2. The largest absolute Gasteiger partial charge is 0.398 e. The summed E-state index contributed by atoms with van der Waals surface area (Å²) in [6, 6.07) is 7.76. The second-order valence-corrected chi connectivity index (χ2v) is 3.63. The number of nitrogens with one attached hydrogen (secondary N) is 1. The summed E-state index contributed by atoms with van der Waals surface area (Å²) >= 11 is 1.47. The Hall–Kier alpha value is -1.62. The molecule has 0 saturated heterocycles. The Morgan fingerprint density at radius 3 is 2.93 bits per heavy atom. The summed E-state index contributed by atoms with van der Waals surface area (Å²) in [4.78, 5) is 0. The van der Waals surface area contributed by atoms with E-state index in [0.29, 0.717) is 6.54 Å². The van der Waals surface area contributed by atoms with Crippen molar-refractivity contribution < 1.29 is 0 Å². The molecule has 0 aliphatic heterocycles. The number of benzene rings is 1. The standard InChI is InChI=1S/C9H10N4S/c10-8-4-2-1-3-7(8)5-11-9-13-12-6-14-9/h1-4,6H,5,10H2,(H,11,13). The average Bonchev–Trinajstić information content (AvgIpc) is 2.69. The summed E-state index contributed by atoms with van der Waals surface area (Å²) < 4.78 is 0. The summed E-state index contributed by atoms with van der Waals surface area (Å²) in [5.41, 5.74) is 9.35. The summed E-state index contributed by atoms with van der Waals surface area (Å²) in [7, 11) is 0. The number of para-hydroxylation sites is 1. The number of rotatable bonds is 3. The molecule has 1 aromatic heterocycles. The Bertz CT molecular complexity index is 399. The molecule has 0 atom stereocenters. The Kier molecular flexibility index (Phi) is 2.60. The van der Waals surface area contributed by atoms with Gasteiger partial charge in [-0.25, -0.2) is 0 Å². The molecule has 0 bridgehead atoms. The molecule has 0 aliphatic rings. The normalized spacial score (nSPS) is 10.0. The number of anilines is 2. The van der Waals surface area contributed by atoms with Gasteiger partial charge < -0.3 is 11.1 Å². The van der Waals surface area contributed by atoms with E-state index < -0.39 is 0 Å². The second kappa shape index (κ2) is 4.06. The highest BCUT2D eigenvalue weighted by Crippen LogP contribution is 2.14. The van der Waals surface area contributed by atoms with E-state index in [0.717, 1.165) is 16.4 Å². The van der Waals surface area contributed by atoms with Gasteiger partial charge in [0.25, 0.3) is 0 Å². The number of nitrogen functional groups attached to an aromatic ring is 1. The highest BCUT2D eigenvalue weighted by atomic mass is 32.1. The van der Waals surface area contributed by atoms with Crippen molar-refractivity contribution in [2.75, 3.05) is 11.1 Å². The molecule has 14 heavy (non-hydrogen) atoms. The molecule has 0 fully saturated rings. The van der Waals surface area contributed by atoms with Crippen LogP contribution in [0.25, 0.3) is 0 Å². The van der Waals surface area contributed by atoms with Crippen LogP contribution in [-0.2, 0) is 6.54 Å². The van der Waals surface area contributed by atoms with E-state index >= 15 is 0 Å². The first-order valence-electron chi connectivity index (χ1n) is 4.19. The Morgan fingerprint density at radius 2 is 2.21 bits per heavy atom. The van der Waals surface area contributed by atoms with E-state index in [9.17, 15) is 0 Å². The Balaban J connectivity index is 2.02. The van der Waals surface area contributed by atoms with Crippen molar-refractivity contribution in [3.8, 4) is 0 Å². The van der Waals surface area contributed by atoms with Crippen LogP contribution >= 0.6 is 11.3 Å². The van der Waals surface area contributed by atoms with E-state index in [1.807, 2.05) is 24.3 Å². The highest BCUT2D eigenvalue weighted by molar-refractivity contribution is 7.13. The van der Waals surface area contributed by atoms with E-state index in [1.165, 1.54) is 11.3 Å². The van der Waals surface area contributed by atoms with Gasteiger partial charge in [0.2, 0.25) is 5.13 Å². The Morgan fingerprint density at radius 1 is 1.36 bits per heavy atom. The maximum absolute atomic E-state index is 5.79. The van der Waals surface area contributed by atoms with Crippen LogP contribution in [0, 0.1) is 0 Å². The highest BCUT2D eigenvalue weighted by Gasteiger charge is 1.98. The summed E-state index contributed by atoms with van der Waals surface area (Å²) in [5, 5.41) is 11.6. The lowest BCUT2D eigenvalue weighted by atomic mass is 10.2. The molecule has 0 amide bonds. The van der Waals surface area contributed by atoms with Gasteiger partial charge in [0.1, 0.15) is 5.51 Å². The molecule has 0 spiro atoms. The smallest absolute Gasteiger partial charge is 0.205 e. The summed E-state index contributed by atoms with van der Waals surface area (Å²) in [6.45, 7) is 0.682. The van der Waals surface area contributed by atoms with Gasteiger partial charge in [-0.1, -0.05) is 29.5 Å². The van der Waals surface area contributed by atoms with Gasteiger partial charge in [0, 0.05) is 12.2 Å². The van der Waals surface area contributed by atoms with Crippen molar-refractivity contribution in [2.24, 2.45) is 0 Å². The summed E-state index contributed by atoms with van der Waals surface area (Å²) in [6.07, 6.45) is 0. The molecule has 2 aromatic rings. The van der Waals surface area contributed by atoms with Crippen molar-refractivity contribution in [2.45, 2.75) is 6.54 Å². The molecule has 1 aromatic carbocycles. The van der Waals surface area contributed by atoms with Crippen molar-refractivity contribution >= 4 is 22.2 Å². The number of hydrogen-bond donors (Lipinski definition) is 2. The third-order valence-electron chi connectivity index (χ3n) is 1.85. The molecular weight excluding hydrogens is 196 g/mol. The molecule has 5 heteroatoms. The quantitative estimate of drug-likeness (QED) is 0.751. The van der Waals surface area contributed by atoms with Gasteiger partial charge in [0.05, 0.1) is 0 Å². The van der Waals surface area contributed by atoms with Crippen LogP contribution in [0.1, 0.15) is 5.56 Å². The fourth-order valence-electron chi connectivity index (χ4n) is 1.12. The van der Waals surface area contributed by atoms with E-state index in [4.69, 9.17) is 5.73 Å². The first kappa shape index (κ1) is 8.96. The van der Waals surface area contributed by atoms with Crippen LogP contribution in [0.3, 0.4) is 0 Å². The number of nitrogens with two attached hydrogens (primary N) is 1. The molecule has 3 N–H and O–H groups in total. The molecule has 1 heterocycles. The average molecular weight is 206 g/mol. The first-order valence-corrected chi connectivity index (χ1v) is 5.07. The van der Waals surface area contributed by atoms with Crippen molar-refractivity contribution in [1.82, 2.24) is 10.2 Å². The molecule has 4 nitrogen and oxygen atoms in total. The topological polar surface area (TPSA) is 63.8 Å². The zero-order valence-corrected chi connectivity index (χ0v) is 8.29. The van der Waals surface area contributed by atoms with Gasteiger partial charge in [-0.05, 0) is 11.6 Å². The van der Waals surface area contributed by atoms with Crippen LogP contribution in [0.15, 0.2) is 29.8 Å². The predicted octanol–water partition coefficient (Wildman–Crippen LogP) is 1.73. The zero-order chi connectivity index (χ0) is 9.80. The molecule has 0 saturated carbocycles. The third-order valence-corrected chi connectivity index (χ3v) is 2.49. The lowest BCUT2D eigenvalue weighted by Gasteiger charge is -2.04. The number of hydrogen-bond acceptors (Lipinski definition) is 5. The molecular formula is C9H10N4S. The monoisotopic (exact) mass is 206 g/mol. The van der Waals surface area contributed by atoms with Gasteiger partial charge in [-0.2, -0.15) is 0 Å². The lowest BCUT2D eigenvalue weighted by molar-refractivity contribution is 1.05. The van der Waals surface area contributed by atoms with Crippen molar-refractivity contribution in [3.63, 3.8) is 0 Å². The van der Waals surface area contributed by atoms with Gasteiger partial charge >= 0.3 is 0 Å². The SMILES string of the molecule is Nc1ccccc1CNc1nncs1. The van der Waals surface area contributed by atoms with Crippen LogP contribution in [-0.4, -0.2) is 10.2 Å². The van der Waals surface area contributed by atoms with Gasteiger partial charge in [-0.3, -0.25) is 0 Å². The van der Waals surface area contributed by atoms with Crippen LogP contribution < -0.4 is 11.1 Å². The fraction of sp³-hybridized carbons (Fsp3) is 0.111. The van der Waals surface area contributed by atoms with E-state index in [2.05, 4.69) is 15.5 Å². The molecule has 0 aliphatic carbocycles. The van der Waals surface area contributed by atoms with Crippen LogP contribution in [0.4, 0.5) is 10.8 Å². The minimum Gasteiger partial charge on any atom is -0.398 e. The maximum atomic E-state index is 5.79. The van der Waals surface area contributed by atoms with Gasteiger partial charge in [0.15, 0.2) is 0 Å². The molecule has 72 valence electrons. The number of aromatic nitrogens is 2. The van der Waals surface area contributed by atoms with Crippen LogP contribution in [0.2, 0.25) is 0 Å². The minimum atomic E-state index is 0.682. The van der Waals surface area contributed by atoms with Gasteiger partial charge in [-0.15, -0.1) is 10.2 Å². The maximum Gasteiger partial charge on any atom is 0.205 e. The van der Waals surface area contributed by atoms with Crippen molar-refractivity contribution in [3.05, 3.63) is 35.3 Å². The molecule has 2 rings (SSSR count). The first-order chi connectivity index (χ1) is 6.86. The summed E-state index contributed by atoms with van der Waals surface area (Å²) in [5.74, 6) is 0.